The average molecular weight is 391 g/mol. The molecule has 6 heteroatoms. The molecule has 0 N–H and O–H groups in total. The maximum absolute atomic E-state index is 6.09. The standard InChI is InChI=1S/C23H25N3O3/c1-2-19(15-27-21-6-4-20(5-7-21)26-11-9-24-16-26)14-25(10-1)13-18-3-8-22-23(12-18)29-17-28-22/h3-9,11-12,16,19H,1-2,10,13-15,17H2. The Hall–Kier alpha value is -2.99. The van der Waals surface area contributed by atoms with Gasteiger partial charge in [0, 0.05) is 37.1 Å². The number of likely N-dealkylation sites (tertiary alicyclic amines) is 1. The molecule has 0 amide bonds. The number of rotatable bonds is 6. The van der Waals surface area contributed by atoms with Crippen molar-refractivity contribution in [1.29, 1.82) is 0 Å². The molecule has 1 aromatic heterocycles. The first-order valence-electron chi connectivity index (χ1n) is 10.2. The summed E-state index contributed by atoms with van der Waals surface area (Å²) in [4.78, 5) is 6.60. The fourth-order valence-corrected chi connectivity index (χ4v) is 4.07. The van der Waals surface area contributed by atoms with Crippen LogP contribution in [0, 0.1) is 5.92 Å². The van der Waals surface area contributed by atoms with Crippen molar-refractivity contribution in [3.8, 4) is 22.9 Å². The second kappa shape index (κ2) is 8.17. The van der Waals surface area contributed by atoms with Gasteiger partial charge in [-0.15, -0.1) is 0 Å². The molecule has 3 heterocycles. The molecule has 1 fully saturated rings. The Bertz CT molecular complexity index is 941. The molecule has 2 aliphatic heterocycles. The van der Waals surface area contributed by atoms with Crippen molar-refractivity contribution < 1.29 is 14.2 Å². The molecule has 6 nitrogen and oxygen atoms in total. The van der Waals surface area contributed by atoms with Crippen LogP contribution in [-0.2, 0) is 6.54 Å². The van der Waals surface area contributed by atoms with Gasteiger partial charge in [0.1, 0.15) is 5.75 Å². The van der Waals surface area contributed by atoms with Crippen molar-refractivity contribution in [3.63, 3.8) is 0 Å². The number of hydrogen-bond donors (Lipinski definition) is 0. The lowest BCUT2D eigenvalue weighted by Crippen LogP contribution is -2.37. The predicted octanol–water partition coefficient (Wildman–Crippen LogP) is 3.89. The molecule has 0 aliphatic carbocycles. The Kier molecular flexibility index (Phi) is 5.09. The lowest BCUT2D eigenvalue weighted by atomic mass is 9.98. The highest BCUT2D eigenvalue weighted by Crippen LogP contribution is 2.33. The van der Waals surface area contributed by atoms with E-state index in [0.717, 1.165) is 49.2 Å². The Morgan fingerprint density at radius 1 is 1.07 bits per heavy atom. The maximum atomic E-state index is 6.09. The summed E-state index contributed by atoms with van der Waals surface area (Å²) in [6, 6.07) is 14.4. The zero-order chi connectivity index (χ0) is 19.5. The van der Waals surface area contributed by atoms with E-state index in [2.05, 4.69) is 34.1 Å². The minimum atomic E-state index is 0.325. The van der Waals surface area contributed by atoms with Gasteiger partial charge in [0.15, 0.2) is 11.5 Å². The van der Waals surface area contributed by atoms with Gasteiger partial charge in [0.25, 0.3) is 0 Å². The largest absolute Gasteiger partial charge is 0.493 e. The summed E-state index contributed by atoms with van der Waals surface area (Å²) in [5, 5.41) is 0. The van der Waals surface area contributed by atoms with Gasteiger partial charge in [-0.25, -0.2) is 4.98 Å². The van der Waals surface area contributed by atoms with Crippen LogP contribution < -0.4 is 14.2 Å². The molecule has 5 rings (SSSR count). The van der Waals surface area contributed by atoms with Crippen molar-refractivity contribution in [1.82, 2.24) is 14.5 Å². The normalized spacial score (nSPS) is 18.7. The quantitative estimate of drug-likeness (QED) is 0.638. The Morgan fingerprint density at radius 2 is 1.97 bits per heavy atom. The molecule has 1 unspecified atom stereocenters. The highest BCUT2D eigenvalue weighted by Gasteiger charge is 2.21. The number of benzene rings is 2. The molecule has 2 aliphatic rings. The Morgan fingerprint density at radius 3 is 2.83 bits per heavy atom. The Balaban J connectivity index is 1.14. The second-order valence-electron chi connectivity index (χ2n) is 7.71. The summed E-state index contributed by atoms with van der Waals surface area (Å²) in [5.41, 5.74) is 2.35. The van der Waals surface area contributed by atoms with Crippen molar-refractivity contribution >= 4 is 0 Å². The van der Waals surface area contributed by atoms with Crippen LogP contribution in [0.5, 0.6) is 17.2 Å². The number of piperidine rings is 1. The van der Waals surface area contributed by atoms with Gasteiger partial charge in [0.2, 0.25) is 6.79 Å². The molecule has 29 heavy (non-hydrogen) atoms. The van der Waals surface area contributed by atoms with E-state index in [1.807, 2.05) is 29.0 Å². The molecule has 1 saturated heterocycles. The van der Waals surface area contributed by atoms with Crippen molar-refractivity contribution in [2.24, 2.45) is 5.92 Å². The number of imidazole rings is 1. The summed E-state index contributed by atoms with van der Waals surface area (Å²) < 4.78 is 19.0. The number of nitrogens with zero attached hydrogens (tertiary/aromatic N) is 3. The van der Waals surface area contributed by atoms with Gasteiger partial charge in [-0.1, -0.05) is 6.07 Å². The molecule has 0 bridgehead atoms. The first kappa shape index (κ1) is 18.1. The third-order valence-corrected chi connectivity index (χ3v) is 5.57. The summed E-state index contributed by atoms with van der Waals surface area (Å²) in [6.45, 7) is 4.20. The zero-order valence-electron chi connectivity index (χ0n) is 16.4. The van der Waals surface area contributed by atoms with E-state index in [1.165, 1.54) is 18.4 Å². The van der Waals surface area contributed by atoms with Crippen molar-refractivity contribution in [2.45, 2.75) is 19.4 Å². The fourth-order valence-electron chi connectivity index (χ4n) is 4.07. The first-order valence-corrected chi connectivity index (χ1v) is 10.2. The number of ether oxygens (including phenoxy) is 3. The predicted molar refractivity (Wildman–Crippen MR) is 110 cm³/mol. The lowest BCUT2D eigenvalue weighted by Gasteiger charge is -2.32. The molecule has 0 spiro atoms. The summed E-state index contributed by atoms with van der Waals surface area (Å²) in [7, 11) is 0. The molecule has 150 valence electrons. The van der Waals surface area contributed by atoms with E-state index < -0.39 is 0 Å². The van der Waals surface area contributed by atoms with Crippen molar-refractivity contribution in [3.05, 3.63) is 66.7 Å². The second-order valence-corrected chi connectivity index (χ2v) is 7.71. The zero-order valence-corrected chi connectivity index (χ0v) is 16.4. The average Bonchev–Trinajstić information content (AvgIpc) is 3.45. The first-order chi connectivity index (χ1) is 14.3. The van der Waals surface area contributed by atoms with E-state index in [9.17, 15) is 0 Å². The molecule has 2 aromatic carbocycles. The molecular formula is C23H25N3O3. The fraction of sp³-hybridized carbons (Fsp3) is 0.348. The van der Waals surface area contributed by atoms with E-state index in [0.29, 0.717) is 12.7 Å². The molecular weight excluding hydrogens is 366 g/mol. The van der Waals surface area contributed by atoms with Crippen LogP contribution in [0.2, 0.25) is 0 Å². The van der Waals surface area contributed by atoms with E-state index in [1.54, 1.807) is 12.5 Å². The van der Waals surface area contributed by atoms with Crippen LogP contribution >= 0.6 is 0 Å². The Labute approximate surface area is 170 Å². The third-order valence-electron chi connectivity index (χ3n) is 5.57. The molecule has 1 atom stereocenters. The highest BCUT2D eigenvalue weighted by molar-refractivity contribution is 5.44. The van der Waals surface area contributed by atoms with Crippen LogP contribution in [0.3, 0.4) is 0 Å². The van der Waals surface area contributed by atoms with Crippen LogP contribution in [0.15, 0.2) is 61.2 Å². The van der Waals surface area contributed by atoms with Crippen LogP contribution in [0.25, 0.3) is 5.69 Å². The van der Waals surface area contributed by atoms with Crippen LogP contribution in [-0.4, -0.2) is 40.9 Å². The smallest absolute Gasteiger partial charge is 0.231 e. The van der Waals surface area contributed by atoms with Gasteiger partial charge in [-0.3, -0.25) is 4.90 Å². The van der Waals surface area contributed by atoms with Gasteiger partial charge >= 0.3 is 0 Å². The number of fused-ring (bicyclic) bond motifs is 1. The third kappa shape index (κ3) is 4.22. The van der Waals surface area contributed by atoms with E-state index >= 15 is 0 Å². The molecule has 0 saturated carbocycles. The minimum absolute atomic E-state index is 0.325. The van der Waals surface area contributed by atoms with E-state index in [4.69, 9.17) is 14.2 Å². The van der Waals surface area contributed by atoms with E-state index in [-0.39, 0.29) is 0 Å². The SMILES string of the molecule is c1cn(-c2ccc(OCC3CCCN(Cc4ccc5c(c4)OCO5)C3)cc2)cn1. The minimum Gasteiger partial charge on any atom is -0.493 e. The maximum Gasteiger partial charge on any atom is 0.231 e. The van der Waals surface area contributed by atoms with Crippen LogP contribution in [0.1, 0.15) is 18.4 Å². The van der Waals surface area contributed by atoms with Crippen molar-refractivity contribution in [2.75, 3.05) is 26.5 Å². The molecule has 3 aromatic rings. The van der Waals surface area contributed by atoms with Gasteiger partial charge < -0.3 is 18.8 Å². The lowest BCUT2D eigenvalue weighted by molar-refractivity contribution is 0.125. The monoisotopic (exact) mass is 391 g/mol. The number of aromatic nitrogens is 2. The highest BCUT2D eigenvalue weighted by atomic mass is 16.7. The van der Waals surface area contributed by atoms with Gasteiger partial charge in [-0.05, 0) is 61.3 Å². The summed E-state index contributed by atoms with van der Waals surface area (Å²) >= 11 is 0. The van der Waals surface area contributed by atoms with Crippen LogP contribution in [0.4, 0.5) is 0 Å². The van der Waals surface area contributed by atoms with Gasteiger partial charge in [-0.2, -0.15) is 0 Å². The summed E-state index contributed by atoms with van der Waals surface area (Å²) in [5.74, 6) is 3.17. The van der Waals surface area contributed by atoms with Gasteiger partial charge in [0.05, 0.1) is 12.9 Å². The number of hydrogen-bond acceptors (Lipinski definition) is 5. The molecule has 0 radical (unpaired) electrons. The summed E-state index contributed by atoms with van der Waals surface area (Å²) in [6.07, 6.45) is 7.94. The topological polar surface area (TPSA) is 48.8 Å².